The van der Waals surface area contributed by atoms with Gasteiger partial charge in [0.15, 0.2) is 28.8 Å². The molecule has 5 fully saturated rings. The third-order valence-corrected chi connectivity index (χ3v) is 25.4. The lowest BCUT2D eigenvalue weighted by molar-refractivity contribution is -0.277. The SMILES string of the molecule is CC[C@H](CC(C)C)C(=O)N[C@H]1C(=O)C[C@@H](CC(N)=O)C(=O)N[C@H]2C(=O)C[C@@H]3C(=O)N[C@H](C(=O)N[C@H](C(=O)CC4C5CC6CC(C5)CC4C6)c4cc(OC(=O)N[C@@H](C)c5ccccc5)cc(O)c4-c4cc3ccc4O)[C@H](O)c3ccc(c(Cl)c3)Oc3cc2cc(c3OC2O[C@H](COC(=O)N[C@@H](C)c3ccccc3)[C@@H](O)[C@H](O)[C@H]2O)Oc2ccc(cc2Cl)[C@H]1O. The fourth-order valence-electron chi connectivity index (χ4n) is 18.6. The van der Waals surface area contributed by atoms with Crippen LogP contribution in [0.5, 0.6) is 46.0 Å². The van der Waals surface area contributed by atoms with Gasteiger partial charge in [0.25, 0.3) is 0 Å². The van der Waals surface area contributed by atoms with E-state index in [1.165, 1.54) is 48.5 Å². The minimum atomic E-state index is -2.21. The molecule has 17 rings (SSSR count). The number of hydrogen-bond donors (Lipinski definition) is 14. The van der Waals surface area contributed by atoms with Crippen molar-refractivity contribution in [2.45, 2.75) is 190 Å². The minimum Gasteiger partial charge on any atom is -0.507 e. The fraction of sp³-hybridized carbons (Fsp3) is 0.429. The van der Waals surface area contributed by atoms with Crippen LogP contribution in [0.4, 0.5) is 9.59 Å². The van der Waals surface area contributed by atoms with Gasteiger partial charge in [-0.05, 0) is 188 Å². The number of ether oxygens (including phenoxy) is 6. The second-order valence-corrected chi connectivity index (χ2v) is 34.6. The number of aliphatic hydroxyl groups is 5. The zero-order chi connectivity index (χ0) is 87.7. The Morgan fingerprint density at radius 1 is 0.593 bits per heavy atom. The number of fused-ring (bicyclic) bond motifs is 15. The van der Waals surface area contributed by atoms with Crippen LogP contribution in [0.25, 0.3) is 11.1 Å². The molecule has 0 radical (unpaired) electrons. The van der Waals surface area contributed by atoms with E-state index in [-0.39, 0.29) is 96.3 Å². The molecule has 7 aromatic carbocycles. The molecule has 16 atom stereocenters. The number of alkyl carbamates (subject to hydrolysis) is 1. The summed E-state index contributed by atoms with van der Waals surface area (Å²) in [5, 5.41) is 101. The molecule has 1 unspecified atom stereocenters. The molecule has 4 aliphatic carbocycles. The highest BCUT2D eigenvalue weighted by Crippen LogP contribution is 2.58. The molecular formula is C91H99Cl2N7O23. The molecule has 1 saturated heterocycles. The maximum absolute atomic E-state index is 16.6. The van der Waals surface area contributed by atoms with Gasteiger partial charge in [0.1, 0.15) is 96.1 Å². The maximum Gasteiger partial charge on any atom is 0.413 e. The summed E-state index contributed by atoms with van der Waals surface area (Å²) in [6.07, 6.45) is -14.1. The van der Waals surface area contributed by atoms with Crippen molar-refractivity contribution < 1.29 is 112 Å². The number of Topliss-reactive ketones (excluding diaryl/α,β-unsaturated/α-hetero) is 3. The Morgan fingerprint density at radius 2 is 1.19 bits per heavy atom. The highest BCUT2D eigenvalue weighted by atomic mass is 35.5. The third-order valence-electron chi connectivity index (χ3n) is 24.8. The Hall–Kier alpha value is -11.2. The molecule has 7 aromatic rings. The summed E-state index contributed by atoms with van der Waals surface area (Å²) in [5.41, 5.74) is 5.64. The molecule has 650 valence electrons. The van der Waals surface area contributed by atoms with E-state index in [2.05, 4.69) is 31.9 Å². The van der Waals surface area contributed by atoms with Crippen molar-refractivity contribution in [3.05, 3.63) is 189 Å². The second-order valence-electron chi connectivity index (χ2n) is 33.8. The van der Waals surface area contributed by atoms with E-state index in [0.717, 1.165) is 62.4 Å². The lowest BCUT2D eigenvalue weighted by atomic mass is 9.51. The van der Waals surface area contributed by atoms with Gasteiger partial charge in [-0.1, -0.05) is 123 Å². The van der Waals surface area contributed by atoms with Crippen molar-refractivity contribution in [1.29, 1.82) is 0 Å². The molecule has 6 heterocycles. The molecule has 15 N–H and O–H groups in total. The molecule has 123 heavy (non-hydrogen) atoms. The first-order chi connectivity index (χ1) is 58.7. The van der Waals surface area contributed by atoms with Crippen molar-refractivity contribution in [2.24, 2.45) is 53.1 Å². The molecular weight excluding hydrogens is 1630 g/mol. The predicted molar refractivity (Wildman–Crippen MR) is 444 cm³/mol. The van der Waals surface area contributed by atoms with Gasteiger partial charge >= 0.3 is 12.2 Å². The number of phenols is 2. The number of phenolic OH excluding ortho intramolecular Hbond substituents is 2. The third kappa shape index (κ3) is 19.6. The number of hydrogen-bond acceptors (Lipinski definition) is 23. The molecule has 0 spiro atoms. The summed E-state index contributed by atoms with van der Waals surface area (Å²) in [6.45, 7) is 8.14. The summed E-state index contributed by atoms with van der Waals surface area (Å²) in [7, 11) is 0. The quantitative estimate of drug-likeness (QED) is 0.0358. The number of carbonyl (C=O) groups excluding carboxylic acids is 10. The standard InChI is InChI=1S/C91H99Cl2N7O23/c1-6-46(23-41(2)3)85(112)99-77-65(103)32-55(35-73(94)106)86(113)97-75-54-33-70(120-68-21-18-50(79(77)107)30-61(68)92)84(123-89-83(111)82(110)81(109)72(122-89)40-118-90(116)95-42(4)47-13-9-7-10-14-47)71(34-54)121-69-22-19-51(31-62(69)93)80(108)78-88(115)98-76(67(105)38-57-52-25-44-24-45(27-52)28-53(57)26-44)60-36-56(119-91(117)96-43(5)48-15-11-8-12-16-48)37-64(102)74(60)59-29-49(17-20-63(59)101)58(39-66(75)104)87(114)100-78/h7-22,29-31,33-34,36-37,41-46,52-53,55,57-58,72,75-83,89,101-102,107-111H,6,23-28,32,35,38-40H2,1-5H3,(H2,94,106)(H,95,116)(H,96,117)(H,97,113)(H,98,115)(H,99,112)(H,100,114)/t42-,43-,44?,45?,46+,52?,53?,55-,57?,58-,72+,75+,76-,77-,78-,79+,80+,81+,82-,83+,89?/m0/s1. The number of nitrogens with two attached hydrogens (primary N) is 1. The summed E-state index contributed by atoms with van der Waals surface area (Å²) >= 11 is 14.4. The molecule has 6 aliphatic heterocycles. The smallest absolute Gasteiger partial charge is 0.413 e. The summed E-state index contributed by atoms with van der Waals surface area (Å²) < 4.78 is 37.6. The number of primary amides is 1. The van der Waals surface area contributed by atoms with Crippen molar-refractivity contribution in [3.8, 4) is 57.1 Å². The van der Waals surface area contributed by atoms with Crippen LogP contribution in [0, 0.1) is 47.3 Å². The Morgan fingerprint density at radius 3 is 1.77 bits per heavy atom. The number of rotatable bonds is 19. The van der Waals surface area contributed by atoms with Crippen molar-refractivity contribution in [1.82, 2.24) is 31.9 Å². The highest BCUT2D eigenvalue weighted by molar-refractivity contribution is 6.32. The lowest BCUT2D eigenvalue weighted by Crippen LogP contribution is -2.60. The zero-order valence-electron chi connectivity index (χ0n) is 68.0. The van der Waals surface area contributed by atoms with E-state index in [0.29, 0.717) is 35.8 Å². The van der Waals surface area contributed by atoms with Crippen LogP contribution in [0.2, 0.25) is 10.0 Å². The topological polar surface area (TPSA) is 466 Å². The van der Waals surface area contributed by atoms with E-state index >= 15 is 28.8 Å². The largest absolute Gasteiger partial charge is 0.507 e. The zero-order valence-corrected chi connectivity index (χ0v) is 69.5. The molecule has 32 heteroatoms. The minimum absolute atomic E-state index is 0.0195. The van der Waals surface area contributed by atoms with E-state index < -0.39 is 211 Å². The van der Waals surface area contributed by atoms with Crippen molar-refractivity contribution in [3.63, 3.8) is 0 Å². The summed E-state index contributed by atoms with van der Waals surface area (Å²) in [4.78, 5) is 151. The molecule has 4 saturated carbocycles. The Kier molecular flexibility index (Phi) is 26.8. The summed E-state index contributed by atoms with van der Waals surface area (Å²) in [5.74, 6) is -15.8. The highest BCUT2D eigenvalue weighted by Gasteiger charge is 2.51. The van der Waals surface area contributed by atoms with Crippen LogP contribution < -0.4 is 56.6 Å². The van der Waals surface area contributed by atoms with Gasteiger partial charge in [0, 0.05) is 48.8 Å². The molecule has 0 aromatic heterocycles. The van der Waals surface area contributed by atoms with E-state index in [1.807, 2.05) is 13.8 Å². The number of aliphatic hydroxyl groups excluding tert-OH is 5. The van der Waals surface area contributed by atoms with Crippen molar-refractivity contribution in [2.75, 3.05) is 6.61 Å². The normalized spacial score (nSPS) is 27.4. The fourth-order valence-corrected chi connectivity index (χ4v) is 19.1. The molecule has 7 amide bonds. The Bertz CT molecular complexity index is 5190. The monoisotopic (exact) mass is 1730 g/mol. The number of aromatic hydroxyl groups is 2. The number of carbonyl (C=O) groups is 10. The van der Waals surface area contributed by atoms with E-state index in [4.69, 9.17) is 57.4 Å². The van der Waals surface area contributed by atoms with Crippen LogP contribution >= 0.6 is 23.2 Å². The average Bonchev–Trinajstić information content (AvgIpc) is 0.756. The van der Waals surface area contributed by atoms with Crippen LogP contribution in [-0.4, -0.2) is 144 Å². The van der Waals surface area contributed by atoms with E-state index in [9.17, 15) is 54.9 Å². The maximum atomic E-state index is 16.6. The van der Waals surface area contributed by atoms with Gasteiger partial charge < -0.3 is 102 Å². The number of halogens is 2. The van der Waals surface area contributed by atoms with Crippen LogP contribution in [0.1, 0.15) is 186 Å². The first-order valence-electron chi connectivity index (χ1n) is 41.4. The van der Waals surface area contributed by atoms with Gasteiger partial charge in [-0.3, -0.25) is 38.4 Å². The second kappa shape index (κ2) is 37.5. The first kappa shape index (κ1) is 88.1. The molecule has 10 aliphatic rings. The number of ketones is 3. The summed E-state index contributed by atoms with van der Waals surface area (Å²) in [6, 6.07) is 23.9. The van der Waals surface area contributed by atoms with Crippen LogP contribution in [0.3, 0.4) is 0 Å². The van der Waals surface area contributed by atoms with Crippen molar-refractivity contribution >= 4 is 82.3 Å². The first-order valence-corrected chi connectivity index (χ1v) is 42.1. The number of nitrogens with one attached hydrogen (secondary N) is 6. The van der Waals surface area contributed by atoms with Crippen LogP contribution in [0.15, 0.2) is 140 Å². The van der Waals surface area contributed by atoms with Gasteiger partial charge in [0.2, 0.25) is 41.6 Å². The molecule has 30 nitrogen and oxygen atoms in total. The Labute approximate surface area is 718 Å². The van der Waals surface area contributed by atoms with Crippen LogP contribution in [-0.2, 0) is 47.8 Å². The number of benzene rings is 7. The Balaban J connectivity index is 0.936. The van der Waals surface area contributed by atoms with Gasteiger partial charge in [-0.15, -0.1) is 0 Å². The van der Waals surface area contributed by atoms with Gasteiger partial charge in [-0.2, -0.15) is 0 Å². The van der Waals surface area contributed by atoms with Gasteiger partial charge in [-0.25, -0.2) is 9.59 Å². The molecule has 15 bridgehead atoms. The number of amides is 7. The van der Waals surface area contributed by atoms with Gasteiger partial charge in [0.05, 0.1) is 34.0 Å². The lowest BCUT2D eigenvalue weighted by Gasteiger charge is -2.54. The van der Waals surface area contributed by atoms with E-state index in [1.54, 1.807) is 81.4 Å². The average molecular weight is 1730 g/mol. The predicted octanol–water partition coefficient (Wildman–Crippen LogP) is 10.9.